The van der Waals surface area contributed by atoms with Crippen molar-refractivity contribution in [2.45, 2.75) is 57.5 Å². The minimum absolute atomic E-state index is 0.00208. The van der Waals surface area contributed by atoms with Crippen molar-refractivity contribution in [3.05, 3.63) is 29.6 Å². The van der Waals surface area contributed by atoms with Crippen LogP contribution in [0.2, 0.25) is 0 Å². The molecule has 134 valence electrons. The molecule has 0 aromatic heterocycles. The molecule has 7 heteroatoms. The number of amides is 1. The summed E-state index contributed by atoms with van der Waals surface area (Å²) in [5, 5.41) is 21.3. The van der Waals surface area contributed by atoms with Gasteiger partial charge in [-0.3, -0.25) is 0 Å². The van der Waals surface area contributed by atoms with Gasteiger partial charge in [0.2, 0.25) is 0 Å². The van der Waals surface area contributed by atoms with Crippen molar-refractivity contribution in [2.75, 3.05) is 6.61 Å². The summed E-state index contributed by atoms with van der Waals surface area (Å²) in [5.74, 6) is -0.179. The van der Waals surface area contributed by atoms with E-state index in [0.717, 1.165) is 0 Å². The lowest BCUT2D eigenvalue weighted by Gasteiger charge is -2.36. The third-order valence-corrected chi connectivity index (χ3v) is 3.62. The van der Waals surface area contributed by atoms with Crippen LogP contribution in [0.5, 0.6) is 5.75 Å². The molecule has 0 saturated heterocycles. The van der Waals surface area contributed by atoms with Crippen LogP contribution < -0.4 is 10.1 Å². The summed E-state index contributed by atoms with van der Waals surface area (Å²) >= 11 is 0. The first-order valence-electron chi connectivity index (χ1n) is 7.92. The summed E-state index contributed by atoms with van der Waals surface area (Å²) in [6, 6.07) is 4.02. The van der Waals surface area contributed by atoms with Gasteiger partial charge < -0.3 is 25.0 Å². The number of aliphatic hydroxyl groups is 2. The smallest absolute Gasteiger partial charge is 0.407 e. The molecule has 1 aliphatic rings. The molecule has 1 aromatic rings. The first-order valence-corrected chi connectivity index (χ1v) is 7.92. The van der Waals surface area contributed by atoms with E-state index in [1.165, 1.54) is 18.2 Å². The average Bonchev–Trinajstić information content (AvgIpc) is 2.44. The van der Waals surface area contributed by atoms with E-state index in [2.05, 4.69) is 5.32 Å². The molecule has 0 aliphatic heterocycles. The lowest BCUT2D eigenvalue weighted by molar-refractivity contribution is 0.0361. The first-order chi connectivity index (χ1) is 11.2. The number of benzene rings is 1. The third kappa shape index (κ3) is 5.07. The topological polar surface area (TPSA) is 88.0 Å². The van der Waals surface area contributed by atoms with Gasteiger partial charge in [-0.05, 0) is 39.0 Å². The van der Waals surface area contributed by atoms with Crippen LogP contribution in [0.1, 0.15) is 45.3 Å². The first kappa shape index (κ1) is 18.5. The molecular formula is C17H24FNO5. The Bertz CT molecular complexity index is 581. The standard InChI is InChI=1S/C17H24FNO5/c1-17(2,3)24-16(22)19-10-6-12(7-10)23-11-4-5-14(18)13(8-11)15(21)9-20/h4-5,8,10,12,15,20-21H,6-7,9H2,1-3H3,(H,19,22)/t10?,12?,15-/m0/s1. The highest BCUT2D eigenvalue weighted by Gasteiger charge is 2.33. The van der Waals surface area contributed by atoms with Crippen molar-refractivity contribution in [1.29, 1.82) is 0 Å². The van der Waals surface area contributed by atoms with Gasteiger partial charge >= 0.3 is 6.09 Å². The van der Waals surface area contributed by atoms with Gasteiger partial charge in [-0.15, -0.1) is 0 Å². The molecule has 1 saturated carbocycles. The largest absolute Gasteiger partial charge is 0.490 e. The lowest BCUT2D eigenvalue weighted by Crippen LogP contribution is -2.50. The predicted molar refractivity (Wildman–Crippen MR) is 85.3 cm³/mol. The fraction of sp³-hybridized carbons (Fsp3) is 0.588. The van der Waals surface area contributed by atoms with Crippen LogP contribution in [-0.2, 0) is 4.74 Å². The Hall–Kier alpha value is -1.86. The van der Waals surface area contributed by atoms with E-state index in [-0.39, 0.29) is 17.7 Å². The van der Waals surface area contributed by atoms with Gasteiger partial charge in [0, 0.05) is 24.4 Å². The van der Waals surface area contributed by atoms with Crippen LogP contribution in [0.25, 0.3) is 0 Å². The van der Waals surface area contributed by atoms with E-state index in [4.69, 9.17) is 14.6 Å². The number of aliphatic hydroxyl groups excluding tert-OH is 2. The van der Waals surface area contributed by atoms with Crippen LogP contribution >= 0.6 is 0 Å². The highest BCUT2D eigenvalue weighted by molar-refractivity contribution is 5.68. The molecule has 24 heavy (non-hydrogen) atoms. The maximum Gasteiger partial charge on any atom is 0.407 e. The SMILES string of the molecule is CC(C)(C)OC(=O)NC1CC(Oc2ccc(F)c([C@@H](O)CO)c2)C1. The van der Waals surface area contributed by atoms with Crippen molar-refractivity contribution in [2.24, 2.45) is 0 Å². The monoisotopic (exact) mass is 341 g/mol. The molecular weight excluding hydrogens is 317 g/mol. The Morgan fingerprint density at radius 2 is 2.08 bits per heavy atom. The van der Waals surface area contributed by atoms with E-state index in [0.29, 0.717) is 18.6 Å². The van der Waals surface area contributed by atoms with Crippen molar-refractivity contribution < 1.29 is 28.9 Å². The zero-order chi connectivity index (χ0) is 17.9. The number of rotatable bonds is 5. The maximum atomic E-state index is 13.6. The van der Waals surface area contributed by atoms with Crippen LogP contribution in [0.3, 0.4) is 0 Å². The number of halogens is 1. The summed E-state index contributed by atoms with van der Waals surface area (Å²) < 4.78 is 24.5. The van der Waals surface area contributed by atoms with Crippen molar-refractivity contribution >= 4 is 6.09 Å². The third-order valence-electron chi connectivity index (χ3n) is 3.62. The summed E-state index contributed by atoms with van der Waals surface area (Å²) in [7, 11) is 0. The van der Waals surface area contributed by atoms with Crippen LogP contribution in [0.4, 0.5) is 9.18 Å². The molecule has 0 radical (unpaired) electrons. The van der Waals surface area contributed by atoms with Gasteiger partial charge in [0.1, 0.15) is 29.4 Å². The number of hydrogen-bond donors (Lipinski definition) is 3. The summed E-state index contributed by atoms with van der Waals surface area (Å²) in [6.07, 6.45) is -0.602. The van der Waals surface area contributed by atoms with Gasteiger partial charge in [0.05, 0.1) is 6.61 Å². The highest BCUT2D eigenvalue weighted by Crippen LogP contribution is 2.29. The maximum absolute atomic E-state index is 13.6. The van der Waals surface area contributed by atoms with E-state index < -0.39 is 30.2 Å². The second kappa shape index (κ2) is 7.36. The van der Waals surface area contributed by atoms with E-state index in [1.54, 1.807) is 20.8 Å². The van der Waals surface area contributed by atoms with Gasteiger partial charge in [-0.25, -0.2) is 9.18 Å². The summed E-state index contributed by atoms with van der Waals surface area (Å²) in [4.78, 5) is 11.6. The number of hydrogen-bond acceptors (Lipinski definition) is 5. The molecule has 2 rings (SSSR count). The Kier molecular flexibility index (Phi) is 5.66. The minimum Gasteiger partial charge on any atom is -0.490 e. The van der Waals surface area contributed by atoms with E-state index in [1.807, 2.05) is 0 Å². The number of alkyl carbamates (subject to hydrolysis) is 1. The molecule has 0 bridgehead atoms. The molecule has 3 N–H and O–H groups in total. The molecule has 1 amide bonds. The number of nitrogens with one attached hydrogen (secondary N) is 1. The minimum atomic E-state index is -1.28. The Balaban J connectivity index is 1.82. The molecule has 6 nitrogen and oxygen atoms in total. The number of ether oxygens (including phenoxy) is 2. The fourth-order valence-corrected chi connectivity index (χ4v) is 2.40. The van der Waals surface area contributed by atoms with Crippen molar-refractivity contribution in [3.63, 3.8) is 0 Å². The van der Waals surface area contributed by atoms with Crippen molar-refractivity contribution in [1.82, 2.24) is 5.32 Å². The normalized spacial score (nSPS) is 21.6. The van der Waals surface area contributed by atoms with Gasteiger partial charge in [-0.2, -0.15) is 0 Å². The second-order valence-corrected chi connectivity index (χ2v) is 6.94. The van der Waals surface area contributed by atoms with E-state index in [9.17, 15) is 14.3 Å². The van der Waals surface area contributed by atoms with Crippen LogP contribution in [0.15, 0.2) is 18.2 Å². The fourth-order valence-electron chi connectivity index (χ4n) is 2.40. The lowest BCUT2D eigenvalue weighted by atomic mass is 9.89. The molecule has 1 atom stereocenters. The number of carbonyl (C=O) groups is 1. The molecule has 1 aliphatic carbocycles. The van der Waals surface area contributed by atoms with E-state index >= 15 is 0 Å². The average molecular weight is 341 g/mol. The van der Waals surface area contributed by atoms with Gasteiger partial charge in [-0.1, -0.05) is 0 Å². The zero-order valence-corrected chi connectivity index (χ0v) is 14.1. The van der Waals surface area contributed by atoms with Gasteiger partial charge in [0.15, 0.2) is 0 Å². The second-order valence-electron chi connectivity index (χ2n) is 6.94. The quantitative estimate of drug-likeness (QED) is 0.765. The Morgan fingerprint density at radius 3 is 2.67 bits per heavy atom. The summed E-state index contributed by atoms with van der Waals surface area (Å²) in [6.45, 7) is 4.83. The van der Waals surface area contributed by atoms with Crippen LogP contribution in [0, 0.1) is 5.82 Å². The predicted octanol–water partition coefficient (Wildman–Crippen LogP) is 2.29. The molecule has 0 unspecified atom stereocenters. The highest BCUT2D eigenvalue weighted by atomic mass is 19.1. The van der Waals surface area contributed by atoms with Crippen molar-refractivity contribution in [3.8, 4) is 5.75 Å². The molecule has 1 fully saturated rings. The van der Waals surface area contributed by atoms with Crippen LogP contribution in [-0.4, -0.2) is 40.7 Å². The zero-order valence-electron chi connectivity index (χ0n) is 14.1. The Labute approximate surface area is 140 Å². The molecule has 0 spiro atoms. The van der Waals surface area contributed by atoms with Gasteiger partial charge in [0.25, 0.3) is 0 Å². The molecule has 0 heterocycles. The summed E-state index contributed by atoms with van der Waals surface area (Å²) in [5.41, 5.74) is -0.542. The number of carbonyl (C=O) groups excluding carboxylic acids is 1. The Morgan fingerprint density at radius 1 is 1.42 bits per heavy atom. The molecule has 1 aromatic carbocycles.